The van der Waals surface area contributed by atoms with Crippen molar-refractivity contribution in [1.82, 2.24) is 20.4 Å². The highest BCUT2D eigenvalue weighted by molar-refractivity contribution is 14.0. The number of halogens is 1. The number of benzene rings is 1. The first-order valence-corrected chi connectivity index (χ1v) is 8.53. The molecule has 1 heterocycles. The lowest BCUT2D eigenvalue weighted by Gasteiger charge is -2.12. The minimum Gasteiger partial charge on any atom is -0.356 e. The zero-order chi connectivity index (χ0) is 17.5. The molecule has 0 saturated heterocycles. The fourth-order valence-corrected chi connectivity index (χ4v) is 2.47. The van der Waals surface area contributed by atoms with Gasteiger partial charge in [0.05, 0.1) is 0 Å². The van der Waals surface area contributed by atoms with Crippen LogP contribution in [0.1, 0.15) is 18.4 Å². The summed E-state index contributed by atoms with van der Waals surface area (Å²) in [6, 6.07) is 9.59. The van der Waals surface area contributed by atoms with Gasteiger partial charge >= 0.3 is 0 Å². The fraction of sp³-hybridized carbons (Fsp3) is 0.389. The lowest BCUT2D eigenvalue weighted by atomic mass is 10.2. The molecule has 3 N–H and O–H groups in total. The van der Waals surface area contributed by atoms with E-state index < -0.39 is 0 Å². The third kappa shape index (κ3) is 6.66. The molecule has 1 fully saturated rings. The molecule has 8 heteroatoms. The number of hydrogen-bond acceptors (Lipinski definition) is 3. The van der Waals surface area contributed by atoms with Gasteiger partial charge in [-0.3, -0.25) is 14.5 Å². The van der Waals surface area contributed by atoms with Gasteiger partial charge in [0.1, 0.15) is 6.54 Å². The molecule has 140 valence electrons. The van der Waals surface area contributed by atoms with E-state index in [1.165, 1.54) is 12.8 Å². The molecule has 1 aliphatic carbocycles. The maximum absolute atomic E-state index is 12.0. The highest BCUT2D eigenvalue weighted by Crippen LogP contribution is 2.27. The van der Waals surface area contributed by atoms with Gasteiger partial charge in [-0.1, -0.05) is 12.1 Å². The van der Waals surface area contributed by atoms with Gasteiger partial charge in [-0.05, 0) is 42.5 Å². The number of nitrogens with zero attached hydrogens (tertiary/aromatic N) is 3. The van der Waals surface area contributed by atoms with E-state index in [-0.39, 0.29) is 36.4 Å². The van der Waals surface area contributed by atoms with E-state index in [0.717, 1.165) is 29.7 Å². The molecule has 0 atom stereocenters. The van der Waals surface area contributed by atoms with E-state index in [1.807, 2.05) is 24.3 Å². The number of aliphatic imine (C=N–C) groups is 1. The van der Waals surface area contributed by atoms with Crippen LogP contribution in [0.3, 0.4) is 0 Å². The Morgan fingerprint density at radius 1 is 1.31 bits per heavy atom. The maximum Gasteiger partial charge on any atom is 0.246 e. The van der Waals surface area contributed by atoms with Crippen LogP contribution >= 0.6 is 24.0 Å². The molecule has 0 bridgehead atoms. The lowest BCUT2D eigenvalue weighted by molar-refractivity contribution is -0.116. The molecular weight excluding hydrogens is 443 g/mol. The second-order valence-electron chi connectivity index (χ2n) is 6.20. The molecule has 0 spiro atoms. The van der Waals surface area contributed by atoms with Gasteiger partial charge in [-0.2, -0.15) is 5.10 Å². The summed E-state index contributed by atoms with van der Waals surface area (Å²) in [5.74, 6) is 1.50. The van der Waals surface area contributed by atoms with Crippen LogP contribution in [0.15, 0.2) is 47.7 Å². The van der Waals surface area contributed by atoms with E-state index >= 15 is 0 Å². The molecule has 2 aromatic rings. The predicted octanol–water partition coefficient (Wildman–Crippen LogP) is 2.21. The highest BCUT2D eigenvalue weighted by atomic mass is 127. The molecule has 0 radical (unpaired) electrons. The molecule has 1 aromatic carbocycles. The van der Waals surface area contributed by atoms with Crippen LogP contribution in [0, 0.1) is 5.92 Å². The van der Waals surface area contributed by atoms with Crippen molar-refractivity contribution in [2.45, 2.75) is 25.9 Å². The summed E-state index contributed by atoms with van der Waals surface area (Å²) in [4.78, 5) is 16.3. The largest absolute Gasteiger partial charge is 0.356 e. The third-order valence-corrected chi connectivity index (χ3v) is 4.01. The minimum atomic E-state index is -0.101. The first-order valence-electron chi connectivity index (χ1n) is 8.53. The standard InChI is InChI=1S/C18H24N6O.HI/c1-19-18(20-11-14-6-7-14)21-12-15-4-2-5-16(10-15)23-17(25)13-24-9-3-8-22-24;/h2-5,8-10,14H,6-7,11-13H2,1H3,(H,23,25)(H2,19,20,21);1H. The molecule has 1 aliphatic rings. The van der Waals surface area contributed by atoms with Gasteiger partial charge in [0.15, 0.2) is 5.96 Å². The van der Waals surface area contributed by atoms with E-state index in [9.17, 15) is 4.79 Å². The molecule has 1 saturated carbocycles. The zero-order valence-corrected chi connectivity index (χ0v) is 17.1. The van der Waals surface area contributed by atoms with Crippen molar-refractivity contribution in [3.05, 3.63) is 48.3 Å². The molecule has 1 amide bonds. The van der Waals surface area contributed by atoms with Gasteiger partial charge in [0.2, 0.25) is 5.91 Å². The molecule has 0 unspecified atom stereocenters. The summed E-state index contributed by atoms with van der Waals surface area (Å²) in [7, 11) is 1.77. The summed E-state index contributed by atoms with van der Waals surface area (Å²) >= 11 is 0. The van der Waals surface area contributed by atoms with Crippen molar-refractivity contribution in [3.8, 4) is 0 Å². The first kappa shape index (κ1) is 20.2. The van der Waals surface area contributed by atoms with Crippen molar-refractivity contribution in [2.75, 3.05) is 18.9 Å². The van der Waals surface area contributed by atoms with Crippen molar-refractivity contribution in [2.24, 2.45) is 10.9 Å². The van der Waals surface area contributed by atoms with Crippen molar-refractivity contribution in [3.63, 3.8) is 0 Å². The zero-order valence-electron chi connectivity index (χ0n) is 14.8. The molecule has 3 rings (SSSR count). The van der Waals surface area contributed by atoms with Crippen LogP contribution in [-0.4, -0.2) is 35.2 Å². The average Bonchev–Trinajstić information content (AvgIpc) is 3.30. The Hall–Kier alpha value is -2.10. The predicted molar refractivity (Wildman–Crippen MR) is 114 cm³/mol. The van der Waals surface area contributed by atoms with Gasteiger partial charge in [0, 0.05) is 38.2 Å². The Bertz CT molecular complexity index is 727. The monoisotopic (exact) mass is 468 g/mol. The number of anilines is 1. The number of hydrogen-bond donors (Lipinski definition) is 3. The number of guanidine groups is 1. The van der Waals surface area contributed by atoms with Crippen LogP contribution in [0.25, 0.3) is 0 Å². The van der Waals surface area contributed by atoms with E-state index in [4.69, 9.17) is 0 Å². The van der Waals surface area contributed by atoms with Crippen LogP contribution in [0.4, 0.5) is 5.69 Å². The molecule has 0 aliphatic heterocycles. The maximum atomic E-state index is 12.0. The van der Waals surface area contributed by atoms with E-state index in [2.05, 4.69) is 26.0 Å². The first-order chi connectivity index (χ1) is 12.2. The quantitative estimate of drug-likeness (QED) is 0.331. The van der Waals surface area contributed by atoms with Gasteiger partial charge in [0.25, 0.3) is 0 Å². The summed E-state index contributed by atoms with van der Waals surface area (Å²) in [5.41, 5.74) is 1.85. The Kier molecular flexibility index (Phi) is 7.89. The van der Waals surface area contributed by atoms with Crippen molar-refractivity contribution >= 4 is 41.5 Å². The van der Waals surface area contributed by atoms with Crippen LogP contribution in [0.5, 0.6) is 0 Å². The Balaban J connectivity index is 0.00000243. The normalized spacial score (nSPS) is 13.7. The van der Waals surface area contributed by atoms with Crippen LogP contribution < -0.4 is 16.0 Å². The Labute approximate surface area is 170 Å². The average molecular weight is 468 g/mol. The topological polar surface area (TPSA) is 83.3 Å². The van der Waals surface area contributed by atoms with E-state index in [0.29, 0.717) is 6.54 Å². The van der Waals surface area contributed by atoms with Crippen molar-refractivity contribution in [1.29, 1.82) is 0 Å². The number of amides is 1. The Morgan fingerprint density at radius 3 is 2.85 bits per heavy atom. The van der Waals surface area contributed by atoms with Crippen LogP contribution in [-0.2, 0) is 17.9 Å². The van der Waals surface area contributed by atoms with Gasteiger partial charge < -0.3 is 16.0 Å². The number of rotatable bonds is 7. The third-order valence-electron chi connectivity index (χ3n) is 4.01. The smallest absolute Gasteiger partial charge is 0.246 e. The second-order valence-corrected chi connectivity index (χ2v) is 6.20. The summed E-state index contributed by atoms with van der Waals surface area (Å²) in [6.07, 6.45) is 6.04. The number of aromatic nitrogens is 2. The summed E-state index contributed by atoms with van der Waals surface area (Å²) < 4.78 is 1.59. The minimum absolute atomic E-state index is 0. The summed E-state index contributed by atoms with van der Waals surface area (Å²) in [6.45, 7) is 1.82. The Morgan fingerprint density at radius 2 is 2.15 bits per heavy atom. The number of carbonyl (C=O) groups excluding carboxylic acids is 1. The van der Waals surface area contributed by atoms with E-state index in [1.54, 1.807) is 30.2 Å². The lowest BCUT2D eigenvalue weighted by Crippen LogP contribution is -2.37. The molecule has 26 heavy (non-hydrogen) atoms. The van der Waals surface area contributed by atoms with Gasteiger partial charge in [-0.15, -0.1) is 24.0 Å². The second kappa shape index (κ2) is 10.1. The SMILES string of the molecule is CN=C(NCc1cccc(NC(=O)Cn2cccn2)c1)NCC1CC1.I. The number of carbonyl (C=O) groups is 1. The van der Waals surface area contributed by atoms with Gasteiger partial charge in [-0.25, -0.2) is 0 Å². The molecule has 1 aromatic heterocycles. The van der Waals surface area contributed by atoms with Crippen LogP contribution in [0.2, 0.25) is 0 Å². The molecular formula is C18H25IN6O. The highest BCUT2D eigenvalue weighted by Gasteiger charge is 2.20. The van der Waals surface area contributed by atoms with Crippen molar-refractivity contribution < 1.29 is 4.79 Å². The number of nitrogens with one attached hydrogen (secondary N) is 3. The molecule has 7 nitrogen and oxygen atoms in total. The fourth-order valence-electron chi connectivity index (χ4n) is 2.47. The summed E-state index contributed by atoms with van der Waals surface area (Å²) in [5, 5.41) is 13.6.